The lowest BCUT2D eigenvalue weighted by molar-refractivity contribution is 0.795. The lowest BCUT2D eigenvalue weighted by Gasteiger charge is -2.15. The molecule has 0 fully saturated rings. The van der Waals surface area contributed by atoms with Gasteiger partial charge < -0.3 is 0 Å². The molecule has 20 heavy (non-hydrogen) atoms. The lowest BCUT2D eigenvalue weighted by atomic mass is 10.0. The minimum absolute atomic E-state index is 0.273. The van der Waals surface area contributed by atoms with Crippen molar-refractivity contribution >= 4 is 38.5 Å². The molecule has 0 bridgehead atoms. The molecule has 0 saturated carbocycles. The summed E-state index contributed by atoms with van der Waals surface area (Å²) in [6.45, 7) is 4.40. The summed E-state index contributed by atoms with van der Waals surface area (Å²) in [7, 11) is 0. The van der Waals surface area contributed by atoms with Gasteiger partial charge in [-0.05, 0) is 64.6 Å². The molecule has 0 aliphatic heterocycles. The SMILES string of the molecule is CCCCc1ccc(C(Br)c2cccc(C)c2I)cc1. The van der Waals surface area contributed by atoms with E-state index >= 15 is 0 Å². The van der Waals surface area contributed by atoms with Crippen molar-refractivity contribution in [1.29, 1.82) is 0 Å². The van der Waals surface area contributed by atoms with Crippen molar-refractivity contribution < 1.29 is 0 Å². The van der Waals surface area contributed by atoms with Crippen molar-refractivity contribution in [3.05, 3.63) is 68.3 Å². The highest BCUT2D eigenvalue weighted by atomic mass is 127. The van der Waals surface area contributed by atoms with Crippen molar-refractivity contribution in [2.45, 2.75) is 37.9 Å². The van der Waals surface area contributed by atoms with E-state index in [-0.39, 0.29) is 4.83 Å². The minimum atomic E-state index is 0.273. The lowest BCUT2D eigenvalue weighted by Crippen LogP contribution is -1.98. The number of hydrogen-bond donors (Lipinski definition) is 0. The van der Waals surface area contributed by atoms with E-state index in [9.17, 15) is 0 Å². The van der Waals surface area contributed by atoms with Crippen LogP contribution in [0.15, 0.2) is 42.5 Å². The van der Waals surface area contributed by atoms with Crippen LogP contribution in [0, 0.1) is 10.5 Å². The zero-order valence-corrected chi connectivity index (χ0v) is 15.7. The van der Waals surface area contributed by atoms with Gasteiger partial charge in [0.15, 0.2) is 0 Å². The van der Waals surface area contributed by atoms with Crippen LogP contribution in [-0.2, 0) is 6.42 Å². The van der Waals surface area contributed by atoms with Crippen LogP contribution in [0.4, 0.5) is 0 Å². The van der Waals surface area contributed by atoms with Gasteiger partial charge >= 0.3 is 0 Å². The number of alkyl halides is 1. The first-order valence-corrected chi connectivity index (χ1v) is 9.11. The first-order chi connectivity index (χ1) is 9.63. The molecule has 0 heterocycles. The molecule has 2 aromatic carbocycles. The highest BCUT2D eigenvalue weighted by Gasteiger charge is 2.14. The van der Waals surface area contributed by atoms with E-state index in [2.05, 4.69) is 94.8 Å². The Morgan fingerprint density at radius 2 is 1.80 bits per heavy atom. The molecule has 0 saturated heterocycles. The Morgan fingerprint density at radius 3 is 2.45 bits per heavy atom. The third kappa shape index (κ3) is 3.85. The molecule has 0 nitrogen and oxygen atoms in total. The van der Waals surface area contributed by atoms with Crippen molar-refractivity contribution in [3.8, 4) is 0 Å². The molecule has 106 valence electrons. The summed E-state index contributed by atoms with van der Waals surface area (Å²) in [6, 6.07) is 15.5. The Kier molecular flexibility index (Phi) is 6.09. The fraction of sp³-hybridized carbons (Fsp3) is 0.333. The predicted octanol–water partition coefficient (Wildman–Crippen LogP) is 6.43. The normalized spacial score (nSPS) is 12.4. The second-order valence-corrected chi connectivity index (χ2v) is 7.18. The van der Waals surface area contributed by atoms with Gasteiger partial charge in [-0.15, -0.1) is 0 Å². The standard InChI is InChI=1S/C18H20BrI/c1-3-4-7-14-9-11-15(12-10-14)17(19)16-8-5-6-13(2)18(16)20/h5-6,8-12,17H,3-4,7H2,1-2H3. The van der Waals surface area contributed by atoms with E-state index < -0.39 is 0 Å². The molecule has 2 rings (SSSR count). The smallest absolute Gasteiger partial charge is 0.0655 e. The summed E-state index contributed by atoms with van der Waals surface area (Å²) in [4.78, 5) is 0.273. The highest BCUT2D eigenvalue weighted by Crippen LogP contribution is 2.34. The predicted molar refractivity (Wildman–Crippen MR) is 99.7 cm³/mol. The van der Waals surface area contributed by atoms with Crippen LogP contribution in [0.2, 0.25) is 0 Å². The molecule has 2 aromatic rings. The molecule has 0 aliphatic carbocycles. The van der Waals surface area contributed by atoms with E-state index in [1.54, 1.807) is 0 Å². The van der Waals surface area contributed by atoms with Crippen LogP contribution in [-0.4, -0.2) is 0 Å². The Balaban J connectivity index is 2.20. The van der Waals surface area contributed by atoms with Crippen LogP contribution >= 0.6 is 38.5 Å². The zero-order valence-electron chi connectivity index (χ0n) is 12.0. The third-order valence-corrected chi connectivity index (χ3v) is 6.08. The number of aryl methyl sites for hydroxylation is 2. The molecule has 1 unspecified atom stereocenters. The van der Waals surface area contributed by atoms with Crippen molar-refractivity contribution in [2.75, 3.05) is 0 Å². The molecule has 0 aliphatic rings. The summed E-state index contributed by atoms with van der Waals surface area (Å²) >= 11 is 6.29. The van der Waals surface area contributed by atoms with Crippen LogP contribution in [0.1, 0.15) is 46.8 Å². The molecular formula is C18H20BrI. The van der Waals surface area contributed by atoms with E-state index in [1.165, 1.54) is 45.1 Å². The zero-order chi connectivity index (χ0) is 14.5. The van der Waals surface area contributed by atoms with Gasteiger partial charge in [-0.1, -0.05) is 71.7 Å². The maximum absolute atomic E-state index is 3.85. The molecule has 2 heteroatoms. The molecule has 1 atom stereocenters. The van der Waals surface area contributed by atoms with Gasteiger partial charge in [0.25, 0.3) is 0 Å². The number of benzene rings is 2. The average Bonchev–Trinajstić information content (AvgIpc) is 2.48. The van der Waals surface area contributed by atoms with E-state index in [1.807, 2.05) is 0 Å². The van der Waals surface area contributed by atoms with Gasteiger partial charge in [0.2, 0.25) is 0 Å². The van der Waals surface area contributed by atoms with Gasteiger partial charge in [-0.25, -0.2) is 0 Å². The second-order valence-electron chi connectivity index (χ2n) is 5.19. The van der Waals surface area contributed by atoms with Gasteiger partial charge in [0.05, 0.1) is 4.83 Å². The van der Waals surface area contributed by atoms with Crippen molar-refractivity contribution in [1.82, 2.24) is 0 Å². The number of unbranched alkanes of at least 4 members (excludes halogenated alkanes) is 1. The third-order valence-electron chi connectivity index (χ3n) is 3.59. The summed E-state index contributed by atoms with van der Waals surface area (Å²) in [5.41, 5.74) is 5.46. The summed E-state index contributed by atoms with van der Waals surface area (Å²) < 4.78 is 1.35. The van der Waals surface area contributed by atoms with E-state index in [4.69, 9.17) is 0 Å². The second kappa shape index (κ2) is 7.60. The van der Waals surface area contributed by atoms with Crippen molar-refractivity contribution in [2.24, 2.45) is 0 Å². The van der Waals surface area contributed by atoms with Gasteiger partial charge in [-0.2, -0.15) is 0 Å². The minimum Gasteiger partial charge on any atom is -0.0786 e. The van der Waals surface area contributed by atoms with E-state index in [0.717, 1.165) is 0 Å². The number of halogens is 2. The highest BCUT2D eigenvalue weighted by molar-refractivity contribution is 14.1. The number of rotatable bonds is 5. The molecule has 0 N–H and O–H groups in total. The molecule has 0 aromatic heterocycles. The number of hydrogen-bond acceptors (Lipinski definition) is 0. The summed E-state index contributed by atoms with van der Waals surface area (Å²) in [5.74, 6) is 0. The monoisotopic (exact) mass is 442 g/mol. The van der Waals surface area contributed by atoms with Crippen molar-refractivity contribution in [3.63, 3.8) is 0 Å². The average molecular weight is 443 g/mol. The molecule has 0 amide bonds. The Bertz CT molecular complexity index is 560. The first kappa shape index (κ1) is 16.0. The van der Waals surface area contributed by atoms with E-state index in [0.29, 0.717) is 0 Å². The summed E-state index contributed by atoms with van der Waals surface area (Å²) in [6.07, 6.45) is 3.71. The molecular weight excluding hydrogens is 423 g/mol. The topological polar surface area (TPSA) is 0 Å². The van der Waals surface area contributed by atoms with Crippen LogP contribution in [0.5, 0.6) is 0 Å². The maximum Gasteiger partial charge on any atom is 0.0655 e. The van der Waals surface area contributed by atoms with Crippen LogP contribution < -0.4 is 0 Å². The first-order valence-electron chi connectivity index (χ1n) is 7.11. The quantitative estimate of drug-likeness (QED) is 0.369. The van der Waals surface area contributed by atoms with Crippen LogP contribution in [0.3, 0.4) is 0 Å². The molecule has 0 radical (unpaired) electrons. The maximum atomic E-state index is 3.85. The van der Waals surface area contributed by atoms with Gasteiger partial charge in [0.1, 0.15) is 0 Å². The fourth-order valence-corrected chi connectivity index (χ4v) is 4.07. The van der Waals surface area contributed by atoms with Gasteiger partial charge in [-0.3, -0.25) is 0 Å². The Hall–Kier alpha value is -0.350. The Morgan fingerprint density at radius 1 is 1.10 bits per heavy atom. The van der Waals surface area contributed by atoms with Crippen LogP contribution in [0.25, 0.3) is 0 Å². The largest absolute Gasteiger partial charge is 0.0786 e. The summed E-state index contributed by atoms with van der Waals surface area (Å²) in [5, 5.41) is 0. The Labute approximate surface area is 144 Å². The fourth-order valence-electron chi connectivity index (χ4n) is 2.28. The molecule has 0 spiro atoms. The van der Waals surface area contributed by atoms with Gasteiger partial charge in [0, 0.05) is 3.57 Å².